The summed E-state index contributed by atoms with van der Waals surface area (Å²) in [6.45, 7) is 6.07. The van der Waals surface area contributed by atoms with Crippen LogP contribution in [0.1, 0.15) is 40.0 Å². The Morgan fingerprint density at radius 1 is 1.47 bits per heavy atom. The van der Waals surface area contributed by atoms with Crippen LogP contribution in [0.5, 0.6) is 0 Å². The molecule has 0 rings (SSSR count). The number of hydrogen-bond acceptors (Lipinski definition) is 3. The van der Waals surface area contributed by atoms with E-state index >= 15 is 0 Å². The molecule has 15 heavy (non-hydrogen) atoms. The SMILES string of the molecule is CCC(N)CC(=O)NC(CO)CC(C)C. The van der Waals surface area contributed by atoms with E-state index in [0.29, 0.717) is 12.3 Å². The lowest BCUT2D eigenvalue weighted by Crippen LogP contribution is -2.40. The van der Waals surface area contributed by atoms with Crippen LogP contribution in [-0.2, 0) is 4.79 Å². The summed E-state index contributed by atoms with van der Waals surface area (Å²) in [5.74, 6) is 0.395. The second-order valence-corrected chi connectivity index (χ2v) is 4.45. The first-order chi connectivity index (χ1) is 6.99. The van der Waals surface area contributed by atoms with Crippen molar-refractivity contribution < 1.29 is 9.90 Å². The Kier molecular flexibility index (Phi) is 7.34. The van der Waals surface area contributed by atoms with Crippen LogP contribution in [0, 0.1) is 5.92 Å². The summed E-state index contributed by atoms with van der Waals surface area (Å²) in [4.78, 5) is 11.5. The second kappa shape index (κ2) is 7.65. The summed E-state index contributed by atoms with van der Waals surface area (Å²) < 4.78 is 0. The third kappa shape index (κ3) is 7.33. The predicted octanol–water partition coefficient (Wildman–Crippen LogP) is 0.637. The van der Waals surface area contributed by atoms with Crippen molar-refractivity contribution in [2.75, 3.05) is 6.61 Å². The molecule has 90 valence electrons. The molecule has 4 heteroatoms. The summed E-state index contributed by atoms with van der Waals surface area (Å²) in [6, 6.07) is -0.218. The molecule has 0 spiro atoms. The molecule has 1 amide bonds. The van der Waals surface area contributed by atoms with Crippen molar-refractivity contribution in [3.63, 3.8) is 0 Å². The average Bonchev–Trinajstić information content (AvgIpc) is 2.15. The van der Waals surface area contributed by atoms with E-state index in [1.807, 2.05) is 6.92 Å². The molecule has 0 aromatic heterocycles. The van der Waals surface area contributed by atoms with Gasteiger partial charge in [0.05, 0.1) is 12.6 Å². The van der Waals surface area contributed by atoms with E-state index in [1.54, 1.807) is 0 Å². The molecule has 0 bridgehead atoms. The first-order valence-electron chi connectivity index (χ1n) is 5.65. The lowest BCUT2D eigenvalue weighted by atomic mass is 10.0. The molecule has 0 heterocycles. The standard InChI is InChI=1S/C11H24N2O2/c1-4-9(12)6-11(15)13-10(7-14)5-8(2)3/h8-10,14H,4-7,12H2,1-3H3,(H,13,15). The Morgan fingerprint density at radius 3 is 2.47 bits per heavy atom. The van der Waals surface area contributed by atoms with Crippen LogP contribution in [-0.4, -0.2) is 29.7 Å². The molecule has 0 saturated heterocycles. The van der Waals surface area contributed by atoms with Crippen LogP contribution in [0.15, 0.2) is 0 Å². The van der Waals surface area contributed by atoms with Gasteiger partial charge in [-0.05, 0) is 18.8 Å². The monoisotopic (exact) mass is 216 g/mol. The van der Waals surface area contributed by atoms with Crippen LogP contribution in [0.2, 0.25) is 0 Å². The molecule has 0 aliphatic heterocycles. The minimum Gasteiger partial charge on any atom is -0.394 e. The fourth-order valence-corrected chi connectivity index (χ4v) is 1.42. The van der Waals surface area contributed by atoms with Crippen LogP contribution in [0.4, 0.5) is 0 Å². The summed E-state index contributed by atoms with van der Waals surface area (Å²) >= 11 is 0. The molecule has 2 atom stereocenters. The number of nitrogens with one attached hydrogen (secondary N) is 1. The number of nitrogens with two attached hydrogens (primary N) is 1. The molecule has 0 radical (unpaired) electrons. The smallest absolute Gasteiger partial charge is 0.221 e. The van der Waals surface area contributed by atoms with Gasteiger partial charge in [0.15, 0.2) is 0 Å². The van der Waals surface area contributed by atoms with Crippen LogP contribution in [0.25, 0.3) is 0 Å². The Balaban J connectivity index is 3.90. The molecule has 4 nitrogen and oxygen atoms in total. The van der Waals surface area contributed by atoms with Crippen LogP contribution >= 0.6 is 0 Å². The summed E-state index contributed by atoms with van der Waals surface area (Å²) in [5.41, 5.74) is 5.67. The van der Waals surface area contributed by atoms with E-state index in [9.17, 15) is 4.79 Å². The van der Waals surface area contributed by atoms with Crippen molar-refractivity contribution in [2.24, 2.45) is 11.7 Å². The normalized spacial score (nSPS) is 15.1. The fourth-order valence-electron chi connectivity index (χ4n) is 1.42. The van der Waals surface area contributed by atoms with Crippen molar-refractivity contribution in [1.29, 1.82) is 0 Å². The quantitative estimate of drug-likeness (QED) is 0.584. The van der Waals surface area contributed by atoms with E-state index in [4.69, 9.17) is 10.8 Å². The number of amides is 1. The Bertz CT molecular complexity index is 183. The molecule has 2 unspecified atom stereocenters. The molecule has 0 aromatic rings. The van der Waals surface area contributed by atoms with Gasteiger partial charge in [0.25, 0.3) is 0 Å². The van der Waals surface area contributed by atoms with E-state index in [2.05, 4.69) is 19.2 Å². The molecular weight excluding hydrogens is 192 g/mol. The molecule has 0 fully saturated rings. The zero-order valence-electron chi connectivity index (χ0n) is 9.99. The number of carbonyl (C=O) groups is 1. The van der Waals surface area contributed by atoms with Gasteiger partial charge < -0.3 is 16.2 Å². The molecular formula is C11H24N2O2. The van der Waals surface area contributed by atoms with Gasteiger partial charge in [0.2, 0.25) is 5.91 Å². The Morgan fingerprint density at radius 2 is 2.07 bits per heavy atom. The maximum absolute atomic E-state index is 11.5. The van der Waals surface area contributed by atoms with Gasteiger partial charge in [0, 0.05) is 12.5 Å². The van der Waals surface area contributed by atoms with E-state index < -0.39 is 0 Å². The number of aliphatic hydroxyl groups is 1. The number of hydrogen-bond donors (Lipinski definition) is 3. The van der Waals surface area contributed by atoms with Crippen molar-refractivity contribution in [1.82, 2.24) is 5.32 Å². The van der Waals surface area contributed by atoms with Crippen molar-refractivity contribution in [3.8, 4) is 0 Å². The molecule has 0 aliphatic rings. The van der Waals surface area contributed by atoms with Gasteiger partial charge in [-0.1, -0.05) is 20.8 Å². The van der Waals surface area contributed by atoms with E-state index in [-0.39, 0.29) is 24.6 Å². The van der Waals surface area contributed by atoms with E-state index in [1.165, 1.54) is 0 Å². The first kappa shape index (κ1) is 14.4. The summed E-state index contributed by atoms with van der Waals surface area (Å²) in [5, 5.41) is 11.9. The maximum Gasteiger partial charge on any atom is 0.221 e. The highest BCUT2D eigenvalue weighted by molar-refractivity contribution is 5.76. The number of rotatable bonds is 7. The van der Waals surface area contributed by atoms with Gasteiger partial charge in [-0.15, -0.1) is 0 Å². The highest BCUT2D eigenvalue weighted by Gasteiger charge is 2.14. The minimum atomic E-state index is -0.137. The summed E-state index contributed by atoms with van der Waals surface area (Å²) in [7, 11) is 0. The minimum absolute atomic E-state index is 0.00865. The Labute approximate surface area is 92.2 Å². The topological polar surface area (TPSA) is 75.4 Å². The van der Waals surface area contributed by atoms with Gasteiger partial charge >= 0.3 is 0 Å². The van der Waals surface area contributed by atoms with Gasteiger partial charge in [-0.2, -0.15) is 0 Å². The average molecular weight is 216 g/mol. The predicted molar refractivity (Wildman–Crippen MR) is 61.4 cm³/mol. The molecule has 0 aliphatic carbocycles. The van der Waals surface area contributed by atoms with Crippen LogP contribution in [0.3, 0.4) is 0 Å². The van der Waals surface area contributed by atoms with E-state index in [0.717, 1.165) is 12.8 Å². The molecule has 4 N–H and O–H groups in total. The van der Waals surface area contributed by atoms with Crippen molar-refractivity contribution in [2.45, 2.75) is 52.1 Å². The summed E-state index contributed by atoms with van der Waals surface area (Å²) in [6.07, 6.45) is 1.93. The van der Waals surface area contributed by atoms with Gasteiger partial charge in [0.1, 0.15) is 0 Å². The lowest BCUT2D eigenvalue weighted by molar-refractivity contribution is -0.122. The zero-order valence-corrected chi connectivity index (χ0v) is 9.99. The highest BCUT2D eigenvalue weighted by Crippen LogP contribution is 2.04. The Hall–Kier alpha value is -0.610. The zero-order chi connectivity index (χ0) is 11.8. The largest absolute Gasteiger partial charge is 0.394 e. The maximum atomic E-state index is 11.5. The second-order valence-electron chi connectivity index (χ2n) is 4.45. The van der Waals surface area contributed by atoms with Crippen LogP contribution < -0.4 is 11.1 Å². The van der Waals surface area contributed by atoms with Gasteiger partial charge in [-0.25, -0.2) is 0 Å². The third-order valence-electron chi connectivity index (χ3n) is 2.31. The third-order valence-corrected chi connectivity index (χ3v) is 2.31. The highest BCUT2D eigenvalue weighted by atomic mass is 16.3. The van der Waals surface area contributed by atoms with Crippen molar-refractivity contribution in [3.05, 3.63) is 0 Å². The molecule has 0 saturated carbocycles. The number of carbonyl (C=O) groups excluding carboxylic acids is 1. The van der Waals surface area contributed by atoms with Crippen molar-refractivity contribution >= 4 is 5.91 Å². The first-order valence-corrected chi connectivity index (χ1v) is 5.65. The van der Waals surface area contributed by atoms with Gasteiger partial charge in [-0.3, -0.25) is 4.79 Å². The lowest BCUT2D eigenvalue weighted by Gasteiger charge is -2.19. The number of aliphatic hydroxyl groups excluding tert-OH is 1. The fraction of sp³-hybridized carbons (Fsp3) is 0.909. The molecule has 0 aromatic carbocycles.